The van der Waals surface area contributed by atoms with Gasteiger partial charge in [0.05, 0.1) is 18.8 Å². The van der Waals surface area contributed by atoms with E-state index in [-0.39, 0.29) is 12.1 Å². The fourth-order valence-corrected chi connectivity index (χ4v) is 4.92. The van der Waals surface area contributed by atoms with Crippen molar-refractivity contribution in [3.05, 3.63) is 12.2 Å². The molecule has 9 heteroatoms. The van der Waals surface area contributed by atoms with Crippen molar-refractivity contribution in [2.24, 2.45) is 0 Å². The Morgan fingerprint density at radius 2 is 1.21 bits per heavy atom. The predicted molar refractivity (Wildman–Crippen MR) is 162 cm³/mol. The van der Waals surface area contributed by atoms with Gasteiger partial charge < -0.3 is 30.9 Å². The number of phosphoric acid groups is 1. The lowest BCUT2D eigenvalue weighted by Gasteiger charge is -2.25. The van der Waals surface area contributed by atoms with Crippen LogP contribution in [0.2, 0.25) is 0 Å². The third kappa shape index (κ3) is 30.0. The second-order valence-corrected chi connectivity index (χ2v) is 12.0. The van der Waals surface area contributed by atoms with E-state index in [0.29, 0.717) is 6.42 Å². The summed E-state index contributed by atoms with van der Waals surface area (Å²) in [5.41, 5.74) is 0. The molecular formula is C30H63N2O6P. The van der Waals surface area contributed by atoms with Crippen LogP contribution in [0.1, 0.15) is 155 Å². The minimum Gasteiger partial charge on any atom is -0.756 e. The largest absolute Gasteiger partial charge is 0.756 e. The van der Waals surface area contributed by atoms with Gasteiger partial charge in [-0.1, -0.05) is 142 Å². The first-order valence-electron chi connectivity index (χ1n) is 15.6. The number of amides is 1. The van der Waals surface area contributed by atoms with Crippen molar-refractivity contribution in [2.45, 2.75) is 167 Å². The molecule has 0 fully saturated rings. The summed E-state index contributed by atoms with van der Waals surface area (Å²) < 4.78 is 15.5. The van der Waals surface area contributed by atoms with Gasteiger partial charge in [-0.2, -0.15) is 0 Å². The second-order valence-electron chi connectivity index (χ2n) is 10.8. The van der Waals surface area contributed by atoms with Gasteiger partial charge in [0.2, 0.25) is 5.91 Å². The number of quaternary nitrogens is 1. The van der Waals surface area contributed by atoms with E-state index in [2.05, 4.69) is 23.7 Å². The molecule has 8 nitrogen and oxygen atoms in total. The number of unbranched alkanes of at least 4 members (excludes halogenated alkanes) is 19. The van der Waals surface area contributed by atoms with Crippen molar-refractivity contribution in [1.82, 2.24) is 11.5 Å². The van der Waals surface area contributed by atoms with Gasteiger partial charge in [0.15, 0.2) is 0 Å². The fourth-order valence-electron chi connectivity index (χ4n) is 4.57. The molecule has 0 saturated carbocycles. The molecule has 0 spiro atoms. The van der Waals surface area contributed by atoms with E-state index in [1.165, 1.54) is 96.3 Å². The Morgan fingerprint density at radius 1 is 0.795 bits per heavy atom. The first kappa shape index (κ1) is 40.4. The molecule has 0 aromatic heterocycles. The van der Waals surface area contributed by atoms with Crippen molar-refractivity contribution in [1.29, 1.82) is 0 Å². The fraction of sp³-hybridized carbons (Fsp3) is 0.900. The minimum absolute atomic E-state index is 0. The number of rotatable bonds is 28. The molecule has 7 N–H and O–H groups in total. The van der Waals surface area contributed by atoms with Gasteiger partial charge in [0.1, 0.15) is 0 Å². The number of carbonyl (C=O) groups excluding carboxylic acids is 1. The van der Waals surface area contributed by atoms with Crippen molar-refractivity contribution < 1.29 is 28.8 Å². The number of allylic oxidation sites excluding steroid dienone is 1. The van der Waals surface area contributed by atoms with Crippen molar-refractivity contribution in [3.8, 4) is 0 Å². The molecule has 3 unspecified atom stereocenters. The highest BCUT2D eigenvalue weighted by molar-refractivity contribution is 7.44. The summed E-state index contributed by atoms with van der Waals surface area (Å²) >= 11 is 0. The normalized spacial score (nSPS) is 14.6. The monoisotopic (exact) mass is 578 g/mol. The Kier molecular flexibility index (Phi) is 29.8. The number of aliphatic hydroxyl groups excluding tert-OH is 1. The first-order valence-corrected chi connectivity index (χ1v) is 17.1. The number of nitrogens with one attached hydrogen (secondary N) is 1. The Bertz CT molecular complexity index is 614. The van der Waals surface area contributed by atoms with Crippen molar-refractivity contribution in [3.63, 3.8) is 0 Å². The lowest BCUT2D eigenvalue weighted by Crippen LogP contribution is -2.45. The van der Waals surface area contributed by atoms with Crippen LogP contribution < -0.4 is 16.4 Å². The summed E-state index contributed by atoms with van der Waals surface area (Å²) in [7, 11) is -4.94. The Balaban J connectivity index is 0. The van der Waals surface area contributed by atoms with E-state index in [0.717, 1.165) is 38.5 Å². The van der Waals surface area contributed by atoms with Crippen LogP contribution in [0.15, 0.2) is 12.2 Å². The maximum atomic E-state index is 12.4. The van der Waals surface area contributed by atoms with Crippen LogP contribution in [0.3, 0.4) is 0 Å². The van der Waals surface area contributed by atoms with Crippen LogP contribution in [0.5, 0.6) is 0 Å². The van der Waals surface area contributed by atoms with Gasteiger partial charge in [0, 0.05) is 6.42 Å². The van der Waals surface area contributed by atoms with Gasteiger partial charge in [-0.25, -0.2) is 0 Å². The highest BCUT2D eigenvalue weighted by atomic mass is 31.2. The molecule has 0 aromatic rings. The average molecular weight is 579 g/mol. The zero-order valence-corrected chi connectivity index (χ0v) is 26.4. The molecular weight excluding hydrogens is 515 g/mol. The van der Waals surface area contributed by atoms with Crippen LogP contribution in [0.4, 0.5) is 0 Å². The SMILES string of the molecule is CCCCCCCCCCCCCC=CC(O)C(COP(=O)([O-])O)NC(=O)CCCCCCCCCCC.[NH4+]. The zero-order valence-electron chi connectivity index (χ0n) is 25.5. The molecule has 1 amide bonds. The van der Waals surface area contributed by atoms with Gasteiger partial charge in [-0.05, 0) is 19.3 Å². The Labute approximate surface area is 240 Å². The predicted octanol–water partition coefficient (Wildman–Crippen LogP) is 7.86. The third-order valence-corrected chi connectivity index (χ3v) is 7.47. The van der Waals surface area contributed by atoms with Crippen LogP contribution in [-0.4, -0.2) is 34.7 Å². The standard InChI is InChI=1S/C30H60NO6P.H3N/c1-3-5-7-9-11-13-14-15-16-18-19-21-23-25-29(32)28(27-37-38(34,35)36)31-30(33)26-24-22-20-17-12-10-8-6-4-2;/h23,25,28-29,32H,3-22,24,26-27H2,1-2H3,(H,31,33)(H2,34,35,36);1H3. The van der Waals surface area contributed by atoms with E-state index in [4.69, 9.17) is 4.89 Å². The summed E-state index contributed by atoms with van der Waals surface area (Å²) in [6.45, 7) is 3.94. The number of phosphoric ester groups is 1. The van der Waals surface area contributed by atoms with Crippen LogP contribution in [0.25, 0.3) is 0 Å². The molecule has 0 bridgehead atoms. The van der Waals surface area contributed by atoms with E-state index in [9.17, 15) is 19.4 Å². The van der Waals surface area contributed by atoms with E-state index in [1.54, 1.807) is 6.08 Å². The molecule has 0 aromatic carbocycles. The van der Waals surface area contributed by atoms with Crippen molar-refractivity contribution >= 4 is 13.7 Å². The van der Waals surface area contributed by atoms with Gasteiger partial charge in [0.25, 0.3) is 7.82 Å². The number of carbonyl (C=O) groups is 1. The van der Waals surface area contributed by atoms with E-state index >= 15 is 0 Å². The summed E-state index contributed by atoms with van der Waals surface area (Å²) in [6, 6.07) is -0.941. The number of aliphatic hydroxyl groups is 1. The lowest BCUT2D eigenvalue weighted by atomic mass is 10.0. The summed E-state index contributed by atoms with van der Waals surface area (Å²) in [4.78, 5) is 32.3. The minimum atomic E-state index is -4.94. The van der Waals surface area contributed by atoms with Crippen molar-refractivity contribution in [2.75, 3.05) is 6.61 Å². The quantitative estimate of drug-likeness (QED) is 0.0420. The van der Waals surface area contributed by atoms with E-state index in [1.807, 2.05) is 6.08 Å². The third-order valence-electron chi connectivity index (χ3n) is 6.99. The van der Waals surface area contributed by atoms with Gasteiger partial charge >= 0.3 is 0 Å². The molecule has 0 radical (unpaired) electrons. The lowest BCUT2D eigenvalue weighted by molar-refractivity contribution is -0.220. The maximum absolute atomic E-state index is 12.4. The number of hydrogen-bond donors (Lipinski definition) is 4. The molecule has 0 heterocycles. The average Bonchev–Trinajstić information content (AvgIpc) is 2.87. The number of hydrogen-bond acceptors (Lipinski definition) is 5. The van der Waals surface area contributed by atoms with Gasteiger partial charge in [-0.15, -0.1) is 0 Å². The molecule has 39 heavy (non-hydrogen) atoms. The molecule has 3 atom stereocenters. The van der Waals surface area contributed by atoms with E-state index < -0.39 is 26.6 Å². The summed E-state index contributed by atoms with van der Waals surface area (Å²) in [6.07, 6.45) is 27.8. The zero-order chi connectivity index (χ0) is 28.3. The molecule has 0 aliphatic rings. The van der Waals surface area contributed by atoms with Crippen LogP contribution in [-0.2, 0) is 13.9 Å². The van der Waals surface area contributed by atoms with Gasteiger partial charge in [-0.3, -0.25) is 9.36 Å². The second kappa shape index (κ2) is 28.8. The maximum Gasteiger partial charge on any atom is 0.265 e. The summed E-state index contributed by atoms with van der Waals surface area (Å²) in [5, 5.41) is 13.2. The van der Waals surface area contributed by atoms with Crippen LogP contribution in [0, 0.1) is 0 Å². The Hall–Kier alpha value is -0.760. The smallest absolute Gasteiger partial charge is 0.265 e. The Morgan fingerprint density at radius 3 is 1.64 bits per heavy atom. The first-order chi connectivity index (χ1) is 18.3. The van der Waals surface area contributed by atoms with Crippen LogP contribution >= 0.6 is 7.82 Å². The molecule has 0 aliphatic heterocycles. The summed E-state index contributed by atoms with van der Waals surface area (Å²) in [5.74, 6) is -0.252. The molecule has 0 rings (SSSR count). The molecule has 0 saturated heterocycles. The molecule has 234 valence electrons. The highest BCUT2D eigenvalue weighted by Gasteiger charge is 2.21. The highest BCUT2D eigenvalue weighted by Crippen LogP contribution is 2.30. The molecule has 0 aliphatic carbocycles. The topological polar surface area (TPSA) is 155 Å².